The van der Waals surface area contributed by atoms with Crippen LogP contribution in [0.25, 0.3) is 0 Å². The molecule has 0 bridgehead atoms. The molecule has 0 saturated carbocycles. The first kappa shape index (κ1) is 19.1. The van der Waals surface area contributed by atoms with Crippen LogP contribution in [0, 0.1) is 0 Å². The number of carbonyl (C=O) groups excluding carboxylic acids is 1. The van der Waals surface area contributed by atoms with Crippen molar-refractivity contribution in [2.24, 2.45) is 0 Å². The normalized spacial score (nSPS) is 17.6. The van der Waals surface area contributed by atoms with Crippen LogP contribution >= 0.6 is 11.8 Å². The maximum Gasteiger partial charge on any atom is 0.209 e. The minimum Gasteiger partial charge on any atom is -0.379 e. The Bertz CT molecular complexity index is 714. The van der Waals surface area contributed by atoms with Gasteiger partial charge in [-0.3, -0.25) is 9.69 Å². The molecule has 138 valence electrons. The van der Waals surface area contributed by atoms with Gasteiger partial charge in [0.25, 0.3) is 0 Å². The van der Waals surface area contributed by atoms with E-state index in [0.717, 1.165) is 10.5 Å². The lowest BCUT2D eigenvalue weighted by Gasteiger charge is -2.40. The highest BCUT2D eigenvalue weighted by Gasteiger charge is 2.42. The standard InChI is InChI=1S/C21H25NO3S/c1-26-19-9-7-18(8-10-19)20(23)21(24,22-13-15-25-16-14-22)12-11-17-5-3-2-4-6-17/h2-10,24H,11-16H2,1H3. The molecule has 0 amide bonds. The molecule has 5 heteroatoms. The van der Waals surface area contributed by atoms with Crippen molar-refractivity contribution < 1.29 is 14.6 Å². The van der Waals surface area contributed by atoms with Crippen LogP contribution in [-0.4, -0.2) is 54.1 Å². The average molecular weight is 372 g/mol. The number of aryl methyl sites for hydroxylation is 1. The summed E-state index contributed by atoms with van der Waals surface area (Å²) in [7, 11) is 0. The fourth-order valence-electron chi connectivity index (χ4n) is 3.29. The molecule has 1 fully saturated rings. The third-order valence-electron chi connectivity index (χ3n) is 4.86. The summed E-state index contributed by atoms with van der Waals surface area (Å²) >= 11 is 1.63. The molecule has 1 N–H and O–H groups in total. The lowest BCUT2D eigenvalue weighted by atomic mass is 9.92. The second-order valence-corrected chi connectivity index (χ2v) is 7.34. The van der Waals surface area contributed by atoms with Gasteiger partial charge in [-0.05, 0) is 30.4 Å². The van der Waals surface area contributed by atoms with Gasteiger partial charge in [-0.1, -0.05) is 42.5 Å². The van der Waals surface area contributed by atoms with Gasteiger partial charge in [0.2, 0.25) is 5.78 Å². The number of rotatable bonds is 7. The Kier molecular flexibility index (Phi) is 6.48. The highest BCUT2D eigenvalue weighted by atomic mass is 32.2. The molecule has 0 spiro atoms. The molecule has 2 aromatic carbocycles. The molecule has 2 aromatic rings. The number of morpholine rings is 1. The maximum absolute atomic E-state index is 13.2. The van der Waals surface area contributed by atoms with E-state index in [1.807, 2.05) is 65.8 Å². The van der Waals surface area contributed by atoms with E-state index in [1.165, 1.54) is 0 Å². The van der Waals surface area contributed by atoms with Crippen molar-refractivity contribution in [3.8, 4) is 0 Å². The predicted molar refractivity (Wildman–Crippen MR) is 105 cm³/mol. The number of Topliss-reactive ketones (excluding diaryl/α,β-unsaturated/α-hetero) is 1. The summed E-state index contributed by atoms with van der Waals surface area (Å²) in [5.74, 6) is -0.233. The molecule has 3 rings (SSSR count). The van der Waals surface area contributed by atoms with Gasteiger partial charge in [-0.25, -0.2) is 0 Å². The Morgan fingerprint density at radius 2 is 1.77 bits per heavy atom. The van der Waals surface area contributed by atoms with Gasteiger partial charge in [-0.2, -0.15) is 0 Å². The van der Waals surface area contributed by atoms with Crippen LogP contribution in [-0.2, 0) is 11.2 Å². The van der Waals surface area contributed by atoms with Gasteiger partial charge in [-0.15, -0.1) is 11.8 Å². The largest absolute Gasteiger partial charge is 0.379 e. The number of hydrogen-bond donors (Lipinski definition) is 1. The smallest absolute Gasteiger partial charge is 0.209 e. The van der Waals surface area contributed by atoms with Crippen LogP contribution < -0.4 is 0 Å². The molecule has 1 heterocycles. The average Bonchev–Trinajstić information content (AvgIpc) is 2.73. The summed E-state index contributed by atoms with van der Waals surface area (Å²) < 4.78 is 5.41. The molecule has 26 heavy (non-hydrogen) atoms. The number of benzene rings is 2. The van der Waals surface area contributed by atoms with Crippen molar-refractivity contribution in [1.29, 1.82) is 0 Å². The summed E-state index contributed by atoms with van der Waals surface area (Å²) in [6.45, 7) is 2.18. The first-order valence-corrected chi connectivity index (χ1v) is 10.1. The van der Waals surface area contributed by atoms with E-state index in [4.69, 9.17) is 4.74 Å². The molecule has 0 aromatic heterocycles. The Morgan fingerprint density at radius 3 is 2.38 bits per heavy atom. The van der Waals surface area contributed by atoms with Crippen LogP contribution in [0.3, 0.4) is 0 Å². The van der Waals surface area contributed by atoms with Crippen molar-refractivity contribution in [3.63, 3.8) is 0 Å². The van der Waals surface area contributed by atoms with Crippen LogP contribution in [0.4, 0.5) is 0 Å². The predicted octanol–water partition coefficient (Wildman–Crippen LogP) is 3.24. The molecule has 0 aliphatic carbocycles. The third-order valence-corrected chi connectivity index (χ3v) is 5.60. The molecule has 4 nitrogen and oxygen atoms in total. The molecular weight excluding hydrogens is 346 g/mol. The topological polar surface area (TPSA) is 49.8 Å². The highest BCUT2D eigenvalue weighted by molar-refractivity contribution is 7.98. The zero-order chi connectivity index (χ0) is 18.4. The molecule has 0 radical (unpaired) electrons. The third kappa shape index (κ3) is 4.35. The number of ketones is 1. The second-order valence-electron chi connectivity index (χ2n) is 6.46. The minimum absolute atomic E-state index is 0.233. The maximum atomic E-state index is 13.2. The summed E-state index contributed by atoms with van der Waals surface area (Å²) in [6, 6.07) is 17.4. The van der Waals surface area contributed by atoms with Crippen LogP contribution in [0.2, 0.25) is 0 Å². The Hall–Kier alpha value is -1.66. The summed E-state index contributed by atoms with van der Waals surface area (Å²) in [5, 5.41) is 11.5. The van der Waals surface area contributed by atoms with Crippen LogP contribution in [0.5, 0.6) is 0 Å². The van der Waals surface area contributed by atoms with Crippen LogP contribution in [0.15, 0.2) is 59.5 Å². The van der Waals surface area contributed by atoms with Crippen molar-refractivity contribution in [2.45, 2.75) is 23.5 Å². The zero-order valence-corrected chi connectivity index (χ0v) is 15.9. The van der Waals surface area contributed by atoms with Gasteiger partial charge in [0.1, 0.15) is 0 Å². The fraction of sp³-hybridized carbons (Fsp3) is 0.381. The second kappa shape index (κ2) is 8.82. The first-order chi connectivity index (χ1) is 12.6. The van der Waals surface area contributed by atoms with Gasteiger partial charge < -0.3 is 9.84 Å². The van der Waals surface area contributed by atoms with E-state index in [9.17, 15) is 9.90 Å². The van der Waals surface area contributed by atoms with Crippen molar-refractivity contribution in [3.05, 3.63) is 65.7 Å². The zero-order valence-electron chi connectivity index (χ0n) is 15.1. The molecule has 1 aliphatic heterocycles. The Balaban J connectivity index is 1.84. The number of hydrogen-bond acceptors (Lipinski definition) is 5. The molecule has 1 aliphatic rings. The summed E-state index contributed by atoms with van der Waals surface area (Å²) in [5.41, 5.74) is 0.148. The van der Waals surface area contributed by atoms with E-state index < -0.39 is 5.72 Å². The van der Waals surface area contributed by atoms with E-state index in [2.05, 4.69) is 0 Å². The number of ether oxygens (including phenoxy) is 1. The van der Waals surface area contributed by atoms with E-state index in [0.29, 0.717) is 44.7 Å². The fourth-order valence-corrected chi connectivity index (χ4v) is 3.69. The number of thioether (sulfide) groups is 1. The van der Waals surface area contributed by atoms with Crippen molar-refractivity contribution in [2.75, 3.05) is 32.6 Å². The number of nitrogens with zero attached hydrogens (tertiary/aromatic N) is 1. The monoisotopic (exact) mass is 371 g/mol. The lowest BCUT2D eigenvalue weighted by molar-refractivity contribution is -0.115. The SMILES string of the molecule is CSc1ccc(C(=O)C(O)(CCc2ccccc2)N2CCOCC2)cc1. The Morgan fingerprint density at radius 1 is 1.12 bits per heavy atom. The van der Waals surface area contributed by atoms with E-state index in [1.54, 1.807) is 11.8 Å². The first-order valence-electron chi connectivity index (χ1n) is 8.91. The van der Waals surface area contributed by atoms with E-state index in [-0.39, 0.29) is 5.78 Å². The Labute approximate surface area is 159 Å². The molecular formula is C21H25NO3S. The minimum atomic E-state index is -1.51. The summed E-state index contributed by atoms with van der Waals surface area (Å²) in [4.78, 5) is 16.2. The summed E-state index contributed by atoms with van der Waals surface area (Å²) in [6.07, 6.45) is 3.00. The highest BCUT2D eigenvalue weighted by Crippen LogP contribution is 2.27. The van der Waals surface area contributed by atoms with Crippen molar-refractivity contribution >= 4 is 17.5 Å². The van der Waals surface area contributed by atoms with Crippen molar-refractivity contribution in [1.82, 2.24) is 4.90 Å². The quantitative estimate of drug-likeness (QED) is 0.598. The number of aliphatic hydroxyl groups is 1. The number of carbonyl (C=O) groups is 1. The molecule has 1 unspecified atom stereocenters. The molecule has 1 atom stereocenters. The van der Waals surface area contributed by atoms with E-state index >= 15 is 0 Å². The molecule has 1 saturated heterocycles. The van der Waals surface area contributed by atoms with Gasteiger partial charge in [0, 0.05) is 30.0 Å². The van der Waals surface area contributed by atoms with Gasteiger partial charge in [0.15, 0.2) is 5.72 Å². The van der Waals surface area contributed by atoms with Gasteiger partial charge in [0.05, 0.1) is 13.2 Å². The van der Waals surface area contributed by atoms with Crippen LogP contribution in [0.1, 0.15) is 22.3 Å². The lowest BCUT2D eigenvalue weighted by Crippen LogP contribution is -2.58. The van der Waals surface area contributed by atoms with Gasteiger partial charge >= 0.3 is 0 Å².